The predicted octanol–water partition coefficient (Wildman–Crippen LogP) is 2.64. The van der Waals surface area contributed by atoms with Gasteiger partial charge in [0.1, 0.15) is 10.6 Å². The molecule has 23 heavy (non-hydrogen) atoms. The molecule has 1 aromatic heterocycles. The van der Waals surface area contributed by atoms with Crippen LogP contribution < -0.4 is 9.62 Å². The smallest absolute Gasteiger partial charge is 0.258 e. The third kappa shape index (κ3) is 3.19. The average Bonchev–Trinajstić information content (AvgIpc) is 2.83. The molecule has 3 unspecified atom stereocenters. The largest absolute Gasteiger partial charge is 0.598 e. The third-order valence-electron chi connectivity index (χ3n) is 4.65. The van der Waals surface area contributed by atoms with Crippen LogP contribution in [0.3, 0.4) is 0 Å². The summed E-state index contributed by atoms with van der Waals surface area (Å²) in [5.74, 6) is -2.71. The maximum absolute atomic E-state index is 13.3. The highest BCUT2D eigenvalue weighted by atomic mass is 32.2. The van der Waals surface area contributed by atoms with E-state index in [0.717, 1.165) is 17.1 Å². The summed E-state index contributed by atoms with van der Waals surface area (Å²) >= 11 is -1.13. The van der Waals surface area contributed by atoms with Crippen LogP contribution in [0.4, 0.5) is 14.6 Å². The lowest BCUT2D eigenvalue weighted by Crippen LogP contribution is -2.39. The van der Waals surface area contributed by atoms with Gasteiger partial charge < -0.3 is 9.45 Å². The second kappa shape index (κ2) is 5.57. The molecule has 0 aromatic carbocycles. The maximum atomic E-state index is 13.3. The van der Waals surface area contributed by atoms with Crippen molar-refractivity contribution < 1.29 is 13.3 Å². The minimum absolute atomic E-state index is 0.316. The molecule has 1 aliphatic carbocycles. The molecule has 0 spiro atoms. The normalized spacial score (nSPS) is 27.0. The number of aromatic nitrogens is 1. The van der Waals surface area contributed by atoms with Crippen LogP contribution >= 0.6 is 0 Å². The molecule has 2 aliphatic rings. The zero-order valence-electron chi connectivity index (χ0n) is 13.9. The van der Waals surface area contributed by atoms with E-state index in [9.17, 15) is 13.3 Å². The Labute approximate surface area is 139 Å². The Kier molecular flexibility index (Phi) is 4.09. The number of nitrogens with one attached hydrogen (secondary N) is 1. The fraction of sp³-hybridized carbons (Fsp3) is 0.688. The van der Waals surface area contributed by atoms with Gasteiger partial charge in [-0.3, -0.25) is 0 Å². The van der Waals surface area contributed by atoms with E-state index < -0.39 is 29.1 Å². The summed E-state index contributed by atoms with van der Waals surface area (Å²) in [6.45, 7) is 8.89. The summed E-state index contributed by atoms with van der Waals surface area (Å²) in [5.41, 5.74) is 1.81. The van der Waals surface area contributed by atoms with Crippen molar-refractivity contribution in [3.8, 4) is 0 Å². The number of hydrogen-bond donors (Lipinski definition) is 1. The van der Waals surface area contributed by atoms with E-state index in [-0.39, 0.29) is 4.75 Å². The number of fused-ring (bicyclic) bond motifs is 1. The molecule has 0 bridgehead atoms. The number of nitrogens with zero attached hydrogens (tertiary/aromatic N) is 2. The molecule has 0 radical (unpaired) electrons. The van der Waals surface area contributed by atoms with Gasteiger partial charge >= 0.3 is 0 Å². The van der Waals surface area contributed by atoms with Crippen molar-refractivity contribution in [2.75, 3.05) is 18.0 Å². The summed E-state index contributed by atoms with van der Waals surface area (Å²) < 4.78 is 41.2. The average molecular weight is 343 g/mol. The number of rotatable bonds is 4. The molecule has 7 heteroatoms. The number of anilines is 1. The van der Waals surface area contributed by atoms with Gasteiger partial charge in [-0.25, -0.2) is 13.8 Å². The Morgan fingerprint density at radius 1 is 1.35 bits per heavy atom. The number of hydrogen-bond acceptors (Lipinski definition) is 4. The van der Waals surface area contributed by atoms with Gasteiger partial charge in [0, 0.05) is 30.1 Å². The zero-order valence-corrected chi connectivity index (χ0v) is 14.7. The minimum Gasteiger partial charge on any atom is -0.598 e. The van der Waals surface area contributed by atoms with Crippen LogP contribution in [0.2, 0.25) is 0 Å². The SMILES string of the molecule is Cc1nc(N2CC3C(C2)C3(F)F)ccc1CN[S+]([O-])C(C)(C)C. The second-order valence-electron chi connectivity index (χ2n) is 7.41. The van der Waals surface area contributed by atoms with E-state index in [2.05, 4.69) is 9.71 Å². The standard InChI is InChI=1S/C16H23F2N3OS/c1-10-11(7-19-23(22)15(2,3)4)5-6-14(20-10)21-8-12-13(9-21)16(12,17)18/h5-6,12-13,19H,7-9H2,1-4H3. The molecular weight excluding hydrogens is 320 g/mol. The van der Waals surface area contributed by atoms with Crippen LogP contribution in [0.15, 0.2) is 12.1 Å². The number of aryl methyl sites for hydroxylation is 1. The Hall–Kier alpha value is -0.920. The van der Waals surface area contributed by atoms with Crippen molar-refractivity contribution in [1.29, 1.82) is 0 Å². The van der Waals surface area contributed by atoms with Gasteiger partial charge in [0.2, 0.25) is 0 Å². The molecule has 3 atom stereocenters. The van der Waals surface area contributed by atoms with Crippen molar-refractivity contribution in [1.82, 2.24) is 9.71 Å². The van der Waals surface area contributed by atoms with E-state index in [1.165, 1.54) is 0 Å². The molecule has 1 saturated carbocycles. The van der Waals surface area contributed by atoms with Crippen LogP contribution in [0, 0.1) is 18.8 Å². The van der Waals surface area contributed by atoms with Gasteiger partial charge in [-0.15, -0.1) is 4.72 Å². The number of halogens is 2. The lowest BCUT2D eigenvalue weighted by molar-refractivity contribution is 0.0797. The molecule has 1 aromatic rings. The first-order valence-electron chi connectivity index (χ1n) is 7.85. The Balaban J connectivity index is 1.61. The number of pyridine rings is 1. The summed E-state index contributed by atoms with van der Waals surface area (Å²) in [7, 11) is 0. The van der Waals surface area contributed by atoms with Crippen molar-refractivity contribution >= 4 is 17.2 Å². The van der Waals surface area contributed by atoms with Crippen LogP contribution in [0.25, 0.3) is 0 Å². The first-order chi connectivity index (χ1) is 10.6. The predicted molar refractivity (Wildman–Crippen MR) is 87.8 cm³/mol. The number of alkyl halides is 2. The first kappa shape index (κ1) is 16.9. The molecule has 2 fully saturated rings. The first-order valence-corrected chi connectivity index (χ1v) is 9.00. The fourth-order valence-corrected chi connectivity index (χ4v) is 3.71. The van der Waals surface area contributed by atoms with Crippen LogP contribution in [0.1, 0.15) is 32.0 Å². The van der Waals surface area contributed by atoms with E-state index >= 15 is 0 Å². The molecule has 4 nitrogen and oxygen atoms in total. The van der Waals surface area contributed by atoms with Crippen molar-refractivity contribution in [2.45, 2.75) is 44.9 Å². The van der Waals surface area contributed by atoms with Gasteiger partial charge in [0.15, 0.2) is 0 Å². The van der Waals surface area contributed by atoms with Crippen molar-refractivity contribution in [3.05, 3.63) is 23.4 Å². The van der Waals surface area contributed by atoms with Gasteiger partial charge in [-0.05, 0) is 39.3 Å². The topological polar surface area (TPSA) is 51.2 Å². The molecule has 3 rings (SSSR count). The van der Waals surface area contributed by atoms with E-state index in [0.29, 0.717) is 19.6 Å². The zero-order chi connectivity index (χ0) is 17.0. The molecule has 1 N–H and O–H groups in total. The maximum Gasteiger partial charge on any atom is 0.258 e. The van der Waals surface area contributed by atoms with E-state index in [1.54, 1.807) is 0 Å². The van der Waals surface area contributed by atoms with E-state index in [1.807, 2.05) is 44.7 Å². The molecule has 0 amide bonds. The molecule has 128 valence electrons. The molecule has 1 aliphatic heterocycles. The highest BCUT2D eigenvalue weighted by Gasteiger charge is 2.71. The third-order valence-corrected chi connectivity index (χ3v) is 6.17. The molecular formula is C16H23F2N3OS. The minimum atomic E-state index is -2.47. The Morgan fingerprint density at radius 3 is 2.48 bits per heavy atom. The van der Waals surface area contributed by atoms with Gasteiger partial charge in [-0.2, -0.15) is 0 Å². The van der Waals surface area contributed by atoms with Crippen LogP contribution in [-0.2, 0) is 17.9 Å². The monoisotopic (exact) mass is 343 g/mol. The highest BCUT2D eigenvalue weighted by molar-refractivity contribution is 7.90. The van der Waals surface area contributed by atoms with Crippen LogP contribution in [-0.4, -0.2) is 33.3 Å². The van der Waals surface area contributed by atoms with Crippen molar-refractivity contribution in [3.63, 3.8) is 0 Å². The second-order valence-corrected chi connectivity index (χ2v) is 9.46. The van der Waals surface area contributed by atoms with Gasteiger partial charge in [0.05, 0.1) is 18.4 Å². The van der Waals surface area contributed by atoms with E-state index in [4.69, 9.17) is 0 Å². The number of piperidine rings is 1. The fourth-order valence-electron chi connectivity index (χ4n) is 2.99. The van der Waals surface area contributed by atoms with Crippen LogP contribution in [0.5, 0.6) is 0 Å². The Morgan fingerprint density at radius 2 is 1.96 bits per heavy atom. The lowest BCUT2D eigenvalue weighted by Gasteiger charge is -2.24. The van der Waals surface area contributed by atoms with Gasteiger partial charge in [0.25, 0.3) is 5.92 Å². The quantitative estimate of drug-likeness (QED) is 0.854. The Bertz CT molecular complexity index is 591. The van der Waals surface area contributed by atoms with Crippen molar-refractivity contribution in [2.24, 2.45) is 11.8 Å². The summed E-state index contributed by atoms with van der Waals surface area (Å²) in [6.07, 6.45) is 0. The summed E-state index contributed by atoms with van der Waals surface area (Å²) in [4.78, 5) is 6.47. The molecule has 1 saturated heterocycles. The lowest BCUT2D eigenvalue weighted by atomic mass is 10.2. The molecule has 2 heterocycles. The highest BCUT2D eigenvalue weighted by Crippen LogP contribution is 2.59. The summed E-state index contributed by atoms with van der Waals surface area (Å²) in [6, 6.07) is 3.81. The van der Waals surface area contributed by atoms with Gasteiger partial charge in [-0.1, -0.05) is 6.07 Å². The summed E-state index contributed by atoms with van der Waals surface area (Å²) in [5, 5.41) is 0.